The maximum Gasteiger partial charge on any atom is 0.269 e. The molecule has 4 aromatic rings. The molecule has 1 N–H and O–H groups in total. The molecule has 30 heavy (non-hydrogen) atoms. The van der Waals surface area contributed by atoms with Crippen molar-refractivity contribution in [3.63, 3.8) is 0 Å². The average molecular weight is 403 g/mol. The number of benzene rings is 2. The zero-order chi connectivity index (χ0) is 20.5. The summed E-state index contributed by atoms with van der Waals surface area (Å²) in [6, 6.07) is 17.0. The number of hydrogen-bond donors (Lipinski definition) is 1. The molecule has 0 saturated carbocycles. The standard InChI is InChI=1S/C22H21N5O3/c28-27(29)17-10-8-15(9-11-17)22-24-21(30-25-22)14-26-12-4-3-7-20(26)19-13-16-5-1-2-6-18(16)23-19/h1-2,5-6,8-11,13,20,23H,3-4,7,12,14H2. The molecule has 1 saturated heterocycles. The fourth-order valence-electron chi connectivity index (χ4n) is 4.15. The van der Waals surface area contributed by atoms with Crippen LogP contribution in [0.3, 0.4) is 0 Å². The average Bonchev–Trinajstić information content (AvgIpc) is 3.41. The van der Waals surface area contributed by atoms with Crippen molar-refractivity contribution in [1.29, 1.82) is 0 Å². The Hall–Kier alpha value is -3.52. The summed E-state index contributed by atoms with van der Waals surface area (Å²) in [5.41, 5.74) is 3.10. The molecule has 3 heterocycles. The van der Waals surface area contributed by atoms with Crippen molar-refractivity contribution in [2.75, 3.05) is 6.54 Å². The van der Waals surface area contributed by atoms with Crippen LogP contribution >= 0.6 is 0 Å². The van der Waals surface area contributed by atoms with Crippen molar-refractivity contribution >= 4 is 16.6 Å². The Bertz CT molecular complexity index is 1150. The number of likely N-dealkylation sites (tertiary alicyclic amines) is 1. The van der Waals surface area contributed by atoms with Crippen molar-refractivity contribution in [1.82, 2.24) is 20.0 Å². The number of aromatic nitrogens is 3. The third-order valence-corrected chi connectivity index (χ3v) is 5.67. The van der Waals surface area contributed by atoms with Crippen LogP contribution < -0.4 is 0 Å². The Morgan fingerprint density at radius 3 is 2.80 bits per heavy atom. The molecule has 2 aromatic carbocycles. The number of aromatic amines is 1. The third-order valence-electron chi connectivity index (χ3n) is 5.67. The molecule has 1 unspecified atom stereocenters. The number of piperidine rings is 1. The summed E-state index contributed by atoms with van der Waals surface area (Å²) in [6.07, 6.45) is 3.41. The summed E-state index contributed by atoms with van der Waals surface area (Å²) in [6.45, 7) is 1.54. The van der Waals surface area contributed by atoms with Gasteiger partial charge in [0.05, 0.1) is 17.5 Å². The van der Waals surface area contributed by atoms with E-state index in [1.807, 2.05) is 6.07 Å². The summed E-state index contributed by atoms with van der Waals surface area (Å²) < 4.78 is 5.50. The van der Waals surface area contributed by atoms with Gasteiger partial charge in [0, 0.05) is 28.9 Å². The number of nitrogens with one attached hydrogen (secondary N) is 1. The van der Waals surface area contributed by atoms with Crippen LogP contribution in [0.2, 0.25) is 0 Å². The molecular weight excluding hydrogens is 382 g/mol. The number of hydrogen-bond acceptors (Lipinski definition) is 6. The highest BCUT2D eigenvalue weighted by Crippen LogP contribution is 2.33. The zero-order valence-electron chi connectivity index (χ0n) is 16.3. The Kier molecular flexibility index (Phi) is 4.76. The van der Waals surface area contributed by atoms with E-state index in [4.69, 9.17) is 4.52 Å². The molecule has 0 bridgehead atoms. The van der Waals surface area contributed by atoms with Gasteiger partial charge in [-0.3, -0.25) is 15.0 Å². The van der Waals surface area contributed by atoms with Gasteiger partial charge in [0.25, 0.3) is 5.69 Å². The summed E-state index contributed by atoms with van der Waals surface area (Å²) in [5.74, 6) is 0.991. The lowest BCUT2D eigenvalue weighted by Gasteiger charge is -2.34. The minimum atomic E-state index is -0.425. The fourth-order valence-corrected chi connectivity index (χ4v) is 4.15. The van der Waals surface area contributed by atoms with Crippen molar-refractivity contribution in [3.05, 3.63) is 76.3 Å². The van der Waals surface area contributed by atoms with Gasteiger partial charge in [0.1, 0.15) is 0 Å². The predicted molar refractivity (Wildman–Crippen MR) is 112 cm³/mol. The van der Waals surface area contributed by atoms with Gasteiger partial charge in [0.2, 0.25) is 11.7 Å². The SMILES string of the molecule is O=[N+]([O-])c1ccc(-c2noc(CN3CCCCC3c3cc4ccccc4[nH]3)n2)cc1. The summed E-state index contributed by atoms with van der Waals surface area (Å²) >= 11 is 0. The van der Waals surface area contributed by atoms with Gasteiger partial charge in [-0.2, -0.15) is 4.98 Å². The van der Waals surface area contributed by atoms with Crippen LogP contribution in [-0.4, -0.2) is 31.5 Å². The maximum absolute atomic E-state index is 10.8. The summed E-state index contributed by atoms with van der Waals surface area (Å²) in [5, 5.41) is 16.1. The van der Waals surface area contributed by atoms with E-state index in [-0.39, 0.29) is 11.7 Å². The van der Waals surface area contributed by atoms with Gasteiger partial charge in [-0.25, -0.2) is 0 Å². The van der Waals surface area contributed by atoms with Crippen molar-refractivity contribution in [3.8, 4) is 11.4 Å². The van der Waals surface area contributed by atoms with E-state index in [0.29, 0.717) is 23.8 Å². The number of nitro benzene ring substituents is 1. The fraction of sp³-hybridized carbons (Fsp3) is 0.273. The first-order valence-electron chi connectivity index (χ1n) is 10.1. The van der Waals surface area contributed by atoms with Crippen LogP contribution in [0.1, 0.15) is 36.9 Å². The van der Waals surface area contributed by atoms with Crippen LogP contribution in [0.4, 0.5) is 5.69 Å². The van der Waals surface area contributed by atoms with Crippen LogP contribution in [0.25, 0.3) is 22.3 Å². The van der Waals surface area contributed by atoms with E-state index < -0.39 is 4.92 Å². The van der Waals surface area contributed by atoms with Gasteiger partial charge in [-0.15, -0.1) is 0 Å². The highest BCUT2D eigenvalue weighted by atomic mass is 16.6. The van der Waals surface area contributed by atoms with Gasteiger partial charge >= 0.3 is 0 Å². The molecule has 0 spiro atoms. The molecule has 152 valence electrons. The molecule has 2 aromatic heterocycles. The summed E-state index contributed by atoms with van der Waals surface area (Å²) in [7, 11) is 0. The second-order valence-corrected chi connectivity index (χ2v) is 7.61. The lowest BCUT2D eigenvalue weighted by Crippen LogP contribution is -2.33. The second kappa shape index (κ2) is 7.72. The zero-order valence-corrected chi connectivity index (χ0v) is 16.3. The second-order valence-electron chi connectivity index (χ2n) is 7.61. The number of para-hydroxylation sites is 1. The first-order chi connectivity index (χ1) is 14.7. The van der Waals surface area contributed by atoms with E-state index in [0.717, 1.165) is 24.9 Å². The molecule has 5 rings (SSSR count). The molecule has 8 heteroatoms. The van der Waals surface area contributed by atoms with Crippen LogP contribution in [0, 0.1) is 10.1 Å². The Balaban J connectivity index is 1.35. The van der Waals surface area contributed by atoms with Crippen LogP contribution in [-0.2, 0) is 6.54 Å². The summed E-state index contributed by atoms with van der Waals surface area (Å²) in [4.78, 5) is 20.9. The first kappa shape index (κ1) is 18.5. The van der Waals surface area contributed by atoms with Gasteiger partial charge < -0.3 is 9.51 Å². The lowest BCUT2D eigenvalue weighted by molar-refractivity contribution is -0.384. The Morgan fingerprint density at radius 1 is 1.17 bits per heavy atom. The topological polar surface area (TPSA) is 101 Å². The molecule has 0 amide bonds. The lowest BCUT2D eigenvalue weighted by atomic mass is 9.99. The number of fused-ring (bicyclic) bond motifs is 1. The molecule has 1 atom stereocenters. The third kappa shape index (κ3) is 3.57. The van der Waals surface area contributed by atoms with Crippen LogP contribution in [0.15, 0.2) is 59.1 Å². The first-order valence-corrected chi connectivity index (χ1v) is 10.1. The van der Waals surface area contributed by atoms with Gasteiger partial charge in [-0.05, 0) is 49.0 Å². The minimum absolute atomic E-state index is 0.0389. The van der Waals surface area contributed by atoms with E-state index in [2.05, 4.69) is 44.3 Å². The van der Waals surface area contributed by atoms with E-state index in [1.54, 1.807) is 12.1 Å². The number of non-ortho nitro benzene ring substituents is 1. The van der Waals surface area contributed by atoms with Gasteiger partial charge in [0.15, 0.2) is 0 Å². The van der Waals surface area contributed by atoms with Crippen molar-refractivity contribution < 1.29 is 9.45 Å². The minimum Gasteiger partial charge on any atom is -0.357 e. The van der Waals surface area contributed by atoms with E-state index in [1.165, 1.54) is 29.6 Å². The van der Waals surface area contributed by atoms with Gasteiger partial charge in [-0.1, -0.05) is 29.8 Å². The number of rotatable bonds is 5. The van der Waals surface area contributed by atoms with Crippen molar-refractivity contribution in [2.24, 2.45) is 0 Å². The number of nitro groups is 1. The Labute approximate surface area is 172 Å². The molecule has 1 aliphatic heterocycles. The quantitative estimate of drug-likeness (QED) is 0.377. The highest BCUT2D eigenvalue weighted by Gasteiger charge is 2.27. The molecule has 8 nitrogen and oxygen atoms in total. The largest absolute Gasteiger partial charge is 0.357 e. The normalized spacial score (nSPS) is 17.4. The maximum atomic E-state index is 10.8. The van der Waals surface area contributed by atoms with E-state index >= 15 is 0 Å². The molecule has 0 radical (unpaired) electrons. The molecular formula is C22H21N5O3. The van der Waals surface area contributed by atoms with Crippen molar-refractivity contribution in [2.45, 2.75) is 31.8 Å². The molecule has 0 aliphatic carbocycles. The Morgan fingerprint density at radius 2 is 2.00 bits per heavy atom. The van der Waals surface area contributed by atoms with Crippen LogP contribution in [0.5, 0.6) is 0 Å². The predicted octanol–water partition coefficient (Wildman–Crippen LogP) is 4.85. The monoisotopic (exact) mass is 403 g/mol. The number of H-pyrrole nitrogens is 1. The molecule has 1 aliphatic rings. The highest BCUT2D eigenvalue weighted by molar-refractivity contribution is 5.80. The molecule has 1 fully saturated rings. The smallest absolute Gasteiger partial charge is 0.269 e. The number of nitrogens with zero attached hydrogens (tertiary/aromatic N) is 4. The van der Waals surface area contributed by atoms with E-state index in [9.17, 15) is 10.1 Å².